The third kappa shape index (κ3) is 4.73. The van der Waals surface area contributed by atoms with Gasteiger partial charge in [-0.15, -0.1) is 0 Å². The number of aromatic nitrogens is 2. The Morgan fingerprint density at radius 1 is 1.00 bits per heavy atom. The summed E-state index contributed by atoms with van der Waals surface area (Å²) < 4.78 is 24.7. The van der Waals surface area contributed by atoms with Gasteiger partial charge in [0.15, 0.2) is 0 Å². The zero-order chi connectivity index (χ0) is 12.8. The predicted molar refractivity (Wildman–Crippen MR) is 64.9 cm³/mol. The van der Waals surface area contributed by atoms with E-state index in [1.54, 1.807) is 0 Å². The molecule has 0 aliphatic carbocycles. The summed E-state index contributed by atoms with van der Waals surface area (Å²) in [5.74, 6) is -0.113. The number of nitrogens with zero attached hydrogens (tertiary/aromatic N) is 2. The number of hydrogen-bond donors (Lipinski definition) is 2. The van der Waals surface area contributed by atoms with Gasteiger partial charge in [0.2, 0.25) is 0 Å². The van der Waals surface area contributed by atoms with Gasteiger partial charge in [-0.2, -0.15) is 0 Å². The van der Waals surface area contributed by atoms with Crippen LogP contribution >= 0.6 is 15.9 Å². The van der Waals surface area contributed by atoms with Crippen molar-refractivity contribution < 1.29 is 8.78 Å². The highest BCUT2D eigenvalue weighted by atomic mass is 79.9. The average Bonchev–Trinajstić information content (AvgIpc) is 2.29. The van der Waals surface area contributed by atoms with Crippen LogP contribution in [0, 0.1) is 11.6 Å². The minimum atomic E-state index is -0.393. The van der Waals surface area contributed by atoms with Crippen molar-refractivity contribution in [1.82, 2.24) is 9.97 Å². The molecule has 0 amide bonds. The summed E-state index contributed by atoms with van der Waals surface area (Å²) in [5, 5.41) is 0. The van der Waals surface area contributed by atoms with Gasteiger partial charge in [0, 0.05) is 0 Å². The van der Waals surface area contributed by atoms with E-state index in [1.807, 2.05) is 0 Å². The lowest BCUT2D eigenvalue weighted by Crippen LogP contribution is -1.91. The largest absolute Gasteiger partial charge is 0.384 e. The number of nitrogen functional groups attached to an aromatic ring is 2. The van der Waals surface area contributed by atoms with Crippen LogP contribution in [0.1, 0.15) is 0 Å². The van der Waals surface area contributed by atoms with Gasteiger partial charge in [-0.25, -0.2) is 18.7 Å². The maximum Gasteiger partial charge on any atom is 0.142 e. The van der Waals surface area contributed by atoms with Crippen molar-refractivity contribution in [2.24, 2.45) is 0 Å². The maximum atomic E-state index is 12.2. The quantitative estimate of drug-likeness (QED) is 0.783. The fourth-order valence-electron chi connectivity index (χ4n) is 0.812. The van der Waals surface area contributed by atoms with E-state index in [1.165, 1.54) is 18.2 Å². The molecule has 2 aromatic rings. The molecule has 0 saturated heterocycles. The van der Waals surface area contributed by atoms with E-state index in [-0.39, 0.29) is 5.82 Å². The van der Waals surface area contributed by atoms with Crippen LogP contribution in [0.4, 0.5) is 20.4 Å². The Balaban J connectivity index is 0.000000171. The van der Waals surface area contributed by atoms with Gasteiger partial charge in [-0.3, -0.25) is 0 Å². The monoisotopic (exact) mass is 302 g/mol. The van der Waals surface area contributed by atoms with Crippen molar-refractivity contribution in [2.45, 2.75) is 0 Å². The van der Waals surface area contributed by atoms with Gasteiger partial charge in [0.1, 0.15) is 23.3 Å². The first-order valence-electron chi connectivity index (χ1n) is 4.42. The number of halogens is 3. The third-order valence-corrected chi connectivity index (χ3v) is 2.22. The molecule has 17 heavy (non-hydrogen) atoms. The van der Waals surface area contributed by atoms with Crippen LogP contribution in [0.5, 0.6) is 0 Å². The van der Waals surface area contributed by atoms with Crippen LogP contribution in [-0.2, 0) is 0 Å². The van der Waals surface area contributed by atoms with E-state index in [2.05, 4.69) is 25.9 Å². The SMILES string of the molecule is Nc1ccc(F)cn1.Nc1ncc(F)cc1Br. The first-order valence-corrected chi connectivity index (χ1v) is 5.22. The molecular formula is C10H9BrF2N4. The van der Waals surface area contributed by atoms with Crippen molar-refractivity contribution in [1.29, 1.82) is 0 Å². The Bertz CT molecular complexity index is 469. The van der Waals surface area contributed by atoms with E-state index in [9.17, 15) is 8.78 Å². The molecule has 0 aromatic carbocycles. The molecule has 0 atom stereocenters. The van der Waals surface area contributed by atoms with Crippen LogP contribution < -0.4 is 11.5 Å². The summed E-state index contributed by atoms with van der Waals surface area (Å²) >= 11 is 3.02. The molecule has 0 aliphatic rings. The fraction of sp³-hybridized carbons (Fsp3) is 0. The molecule has 0 fully saturated rings. The molecule has 2 heterocycles. The highest BCUT2D eigenvalue weighted by Gasteiger charge is 1.96. The summed E-state index contributed by atoms with van der Waals surface area (Å²) in [4.78, 5) is 7.02. The zero-order valence-corrected chi connectivity index (χ0v) is 10.2. The third-order valence-electron chi connectivity index (χ3n) is 1.59. The normalized spacial score (nSPS) is 9.35. The highest BCUT2D eigenvalue weighted by Crippen LogP contribution is 2.16. The summed E-state index contributed by atoms with van der Waals surface area (Å²) in [7, 11) is 0. The lowest BCUT2D eigenvalue weighted by atomic mass is 10.4. The molecule has 0 aliphatic heterocycles. The van der Waals surface area contributed by atoms with Crippen molar-refractivity contribution in [3.8, 4) is 0 Å². The number of rotatable bonds is 0. The summed E-state index contributed by atoms with van der Waals surface area (Å²) in [6.45, 7) is 0. The average molecular weight is 303 g/mol. The standard InChI is InChI=1S/C5H4BrFN2.C5H5FN2/c6-4-1-3(7)2-9-5(4)8;6-4-1-2-5(7)8-3-4/h1-2H,(H2,8,9);1-3H,(H2,7,8). The Morgan fingerprint density at radius 2 is 1.65 bits per heavy atom. The number of anilines is 2. The minimum Gasteiger partial charge on any atom is -0.384 e. The molecule has 0 radical (unpaired) electrons. The van der Waals surface area contributed by atoms with Crippen molar-refractivity contribution in [3.63, 3.8) is 0 Å². The van der Waals surface area contributed by atoms with Gasteiger partial charge in [-0.05, 0) is 34.1 Å². The second kappa shape index (κ2) is 6.09. The Labute approximate surface area is 105 Å². The molecular weight excluding hydrogens is 294 g/mol. The predicted octanol–water partition coefficient (Wildman–Crippen LogP) is 2.37. The summed E-state index contributed by atoms with van der Waals surface area (Å²) in [6, 6.07) is 3.94. The molecule has 4 nitrogen and oxygen atoms in total. The maximum absolute atomic E-state index is 12.2. The molecule has 2 aromatic heterocycles. The van der Waals surface area contributed by atoms with Gasteiger partial charge in [0.05, 0.1) is 16.9 Å². The molecule has 2 rings (SSSR count). The van der Waals surface area contributed by atoms with Gasteiger partial charge >= 0.3 is 0 Å². The molecule has 7 heteroatoms. The fourth-order valence-corrected chi connectivity index (χ4v) is 1.13. The summed E-state index contributed by atoms with van der Waals surface area (Å²) in [5.41, 5.74) is 10.4. The molecule has 0 spiro atoms. The zero-order valence-electron chi connectivity index (χ0n) is 8.57. The van der Waals surface area contributed by atoms with Crippen LogP contribution in [0.2, 0.25) is 0 Å². The first-order chi connectivity index (χ1) is 7.99. The molecule has 0 bridgehead atoms. The lowest BCUT2D eigenvalue weighted by molar-refractivity contribution is 0.621. The second-order valence-electron chi connectivity index (χ2n) is 2.92. The number of nitrogens with two attached hydrogens (primary N) is 2. The molecule has 90 valence electrons. The topological polar surface area (TPSA) is 77.8 Å². The van der Waals surface area contributed by atoms with Gasteiger partial charge in [0.25, 0.3) is 0 Å². The van der Waals surface area contributed by atoms with Crippen LogP contribution in [0.15, 0.2) is 35.1 Å². The van der Waals surface area contributed by atoms with E-state index in [0.717, 1.165) is 12.4 Å². The minimum absolute atomic E-state index is 0.302. The Morgan fingerprint density at radius 3 is 2.06 bits per heavy atom. The van der Waals surface area contributed by atoms with Gasteiger partial charge in [-0.1, -0.05) is 0 Å². The molecule has 0 saturated carbocycles. The first kappa shape index (κ1) is 13.3. The van der Waals surface area contributed by atoms with E-state index >= 15 is 0 Å². The van der Waals surface area contributed by atoms with E-state index < -0.39 is 5.82 Å². The smallest absolute Gasteiger partial charge is 0.142 e. The highest BCUT2D eigenvalue weighted by molar-refractivity contribution is 9.10. The van der Waals surface area contributed by atoms with E-state index in [0.29, 0.717) is 16.1 Å². The van der Waals surface area contributed by atoms with E-state index in [4.69, 9.17) is 11.5 Å². The molecule has 0 unspecified atom stereocenters. The Kier molecular flexibility index (Phi) is 4.77. The Hall–Kier alpha value is -1.76. The van der Waals surface area contributed by atoms with Crippen LogP contribution in [0.25, 0.3) is 0 Å². The van der Waals surface area contributed by atoms with Crippen molar-refractivity contribution >= 4 is 27.6 Å². The van der Waals surface area contributed by atoms with Crippen LogP contribution in [0.3, 0.4) is 0 Å². The lowest BCUT2D eigenvalue weighted by Gasteiger charge is -1.93. The molecule has 4 N–H and O–H groups in total. The van der Waals surface area contributed by atoms with Crippen molar-refractivity contribution in [2.75, 3.05) is 11.5 Å². The second-order valence-corrected chi connectivity index (χ2v) is 3.78. The van der Waals surface area contributed by atoms with Crippen molar-refractivity contribution in [3.05, 3.63) is 46.7 Å². The summed E-state index contributed by atoms with van der Waals surface area (Å²) in [6.07, 6.45) is 2.15. The van der Waals surface area contributed by atoms with Crippen LogP contribution in [-0.4, -0.2) is 9.97 Å². The number of hydrogen-bond acceptors (Lipinski definition) is 4. The number of pyridine rings is 2. The van der Waals surface area contributed by atoms with Gasteiger partial charge < -0.3 is 11.5 Å².